The second-order valence-corrected chi connectivity index (χ2v) is 5.46. The van der Waals surface area contributed by atoms with Crippen molar-refractivity contribution in [2.24, 2.45) is 0 Å². The van der Waals surface area contributed by atoms with E-state index in [0.29, 0.717) is 16.8 Å². The van der Waals surface area contributed by atoms with Crippen molar-refractivity contribution in [2.45, 2.75) is 6.92 Å². The van der Waals surface area contributed by atoms with Crippen LogP contribution in [0.2, 0.25) is 0 Å². The molecule has 0 aliphatic carbocycles. The third-order valence-electron chi connectivity index (χ3n) is 3.80. The van der Waals surface area contributed by atoms with Crippen molar-refractivity contribution in [3.05, 3.63) is 102 Å². The van der Waals surface area contributed by atoms with Crippen LogP contribution in [0.15, 0.2) is 84.9 Å². The average Bonchev–Trinajstić information content (AvgIpc) is 2.64. The van der Waals surface area contributed by atoms with E-state index < -0.39 is 0 Å². The fourth-order valence-corrected chi connectivity index (χ4v) is 2.54. The third kappa shape index (κ3) is 3.10. The Morgan fingerprint density at radius 3 is 1.50 bits per heavy atom. The zero-order valence-electron chi connectivity index (χ0n) is 13.3. The highest BCUT2D eigenvalue weighted by Gasteiger charge is 2.26. The zero-order chi connectivity index (χ0) is 16.9. The number of carbonyl (C=O) groups excluding carboxylic acids is 2. The average molecular weight is 315 g/mol. The van der Waals surface area contributed by atoms with Gasteiger partial charge in [-0.1, -0.05) is 54.6 Å². The fraction of sp³-hybridized carbons (Fsp3) is 0.0476. The van der Waals surface area contributed by atoms with E-state index in [4.69, 9.17) is 0 Å². The van der Waals surface area contributed by atoms with Gasteiger partial charge < -0.3 is 0 Å². The van der Waals surface area contributed by atoms with Gasteiger partial charge in [-0.3, -0.25) is 9.59 Å². The molecule has 3 nitrogen and oxygen atoms in total. The molecule has 0 saturated heterocycles. The van der Waals surface area contributed by atoms with Gasteiger partial charge in [0.1, 0.15) is 0 Å². The second kappa shape index (κ2) is 6.92. The number of nitrogens with zero attached hydrogens (tertiary/aromatic N) is 1. The summed E-state index contributed by atoms with van der Waals surface area (Å²) in [6.07, 6.45) is 0. The first kappa shape index (κ1) is 15.7. The first-order valence-electron chi connectivity index (χ1n) is 7.73. The van der Waals surface area contributed by atoms with Crippen LogP contribution >= 0.6 is 0 Å². The van der Waals surface area contributed by atoms with Crippen molar-refractivity contribution in [2.75, 3.05) is 4.90 Å². The molecular formula is C21H17NO2. The van der Waals surface area contributed by atoms with E-state index in [9.17, 15) is 9.59 Å². The van der Waals surface area contributed by atoms with Gasteiger partial charge >= 0.3 is 0 Å². The summed E-state index contributed by atoms with van der Waals surface area (Å²) in [4.78, 5) is 27.3. The Hall–Kier alpha value is -3.20. The molecule has 0 atom stereocenters. The number of benzene rings is 3. The Morgan fingerprint density at radius 2 is 1.04 bits per heavy atom. The lowest BCUT2D eigenvalue weighted by atomic mass is 10.1. The molecular weight excluding hydrogens is 298 g/mol. The monoisotopic (exact) mass is 315 g/mol. The molecule has 0 saturated carbocycles. The lowest BCUT2D eigenvalue weighted by molar-refractivity contribution is 0.0897. The van der Waals surface area contributed by atoms with Gasteiger partial charge in [0.25, 0.3) is 11.8 Å². The summed E-state index contributed by atoms with van der Waals surface area (Å²) in [5.41, 5.74) is 2.42. The van der Waals surface area contributed by atoms with E-state index in [1.54, 1.807) is 54.6 Å². The zero-order valence-corrected chi connectivity index (χ0v) is 13.3. The van der Waals surface area contributed by atoms with Gasteiger partial charge in [-0.25, -0.2) is 4.90 Å². The van der Waals surface area contributed by atoms with Crippen LogP contribution in [0, 0.1) is 6.92 Å². The van der Waals surface area contributed by atoms with E-state index in [1.165, 1.54) is 4.90 Å². The van der Waals surface area contributed by atoms with Crippen LogP contribution in [-0.4, -0.2) is 11.8 Å². The minimum absolute atomic E-state index is 0.334. The van der Waals surface area contributed by atoms with Crippen molar-refractivity contribution in [3.8, 4) is 0 Å². The molecule has 0 bridgehead atoms. The molecule has 0 aliphatic rings. The highest BCUT2D eigenvalue weighted by atomic mass is 16.2. The van der Waals surface area contributed by atoms with E-state index in [0.717, 1.165) is 5.56 Å². The van der Waals surface area contributed by atoms with Crippen LogP contribution in [0.3, 0.4) is 0 Å². The third-order valence-corrected chi connectivity index (χ3v) is 3.80. The van der Waals surface area contributed by atoms with Crippen molar-refractivity contribution in [3.63, 3.8) is 0 Å². The summed E-state index contributed by atoms with van der Waals surface area (Å²) in [6, 6.07) is 25.1. The molecule has 3 heteroatoms. The molecule has 3 aromatic rings. The lowest BCUT2D eigenvalue weighted by Crippen LogP contribution is -2.37. The molecule has 0 radical (unpaired) electrons. The molecule has 3 aromatic carbocycles. The number of imide groups is 1. The summed E-state index contributed by atoms with van der Waals surface area (Å²) in [5.74, 6) is -0.669. The van der Waals surface area contributed by atoms with Crippen molar-refractivity contribution in [1.29, 1.82) is 0 Å². The SMILES string of the molecule is Cc1ccccc1N(C(=O)c1ccccc1)C(=O)c1ccccc1. The molecule has 0 spiro atoms. The highest BCUT2D eigenvalue weighted by Crippen LogP contribution is 2.24. The van der Waals surface area contributed by atoms with E-state index in [-0.39, 0.29) is 11.8 Å². The normalized spacial score (nSPS) is 10.2. The molecule has 0 unspecified atom stereocenters. The summed E-state index contributed by atoms with van der Waals surface area (Å²) in [7, 11) is 0. The van der Waals surface area contributed by atoms with Gasteiger partial charge in [-0.2, -0.15) is 0 Å². The van der Waals surface area contributed by atoms with Crippen molar-refractivity contribution < 1.29 is 9.59 Å². The van der Waals surface area contributed by atoms with Crippen LogP contribution in [0.4, 0.5) is 5.69 Å². The predicted octanol–water partition coefficient (Wildman–Crippen LogP) is 4.48. The topological polar surface area (TPSA) is 37.4 Å². The van der Waals surface area contributed by atoms with Gasteiger partial charge in [0, 0.05) is 11.1 Å². The van der Waals surface area contributed by atoms with E-state index >= 15 is 0 Å². The maximum Gasteiger partial charge on any atom is 0.265 e. The lowest BCUT2D eigenvalue weighted by Gasteiger charge is -2.23. The van der Waals surface area contributed by atoms with Crippen LogP contribution in [-0.2, 0) is 0 Å². The Bertz CT molecular complexity index is 806. The van der Waals surface area contributed by atoms with E-state index in [1.807, 2.05) is 37.3 Å². The maximum absolute atomic E-state index is 13.0. The second-order valence-electron chi connectivity index (χ2n) is 5.46. The number of rotatable bonds is 3. The maximum atomic E-state index is 13.0. The molecule has 0 N–H and O–H groups in total. The predicted molar refractivity (Wildman–Crippen MR) is 95.2 cm³/mol. The summed E-state index contributed by atoms with van der Waals surface area (Å²) >= 11 is 0. The molecule has 0 heterocycles. The smallest absolute Gasteiger partial charge is 0.265 e. The Labute approximate surface area is 141 Å². The largest absolute Gasteiger partial charge is 0.268 e. The molecule has 0 aliphatic heterocycles. The van der Waals surface area contributed by atoms with Gasteiger partial charge in [-0.05, 0) is 42.8 Å². The van der Waals surface area contributed by atoms with Crippen LogP contribution in [0.25, 0.3) is 0 Å². The molecule has 2 amide bonds. The van der Waals surface area contributed by atoms with E-state index in [2.05, 4.69) is 0 Å². The molecule has 0 fully saturated rings. The number of anilines is 1. The molecule has 3 rings (SSSR count). The first-order chi connectivity index (χ1) is 11.7. The molecule has 0 aromatic heterocycles. The van der Waals surface area contributed by atoms with Crippen LogP contribution in [0.5, 0.6) is 0 Å². The number of hydrogen-bond acceptors (Lipinski definition) is 2. The molecule has 118 valence electrons. The summed E-state index contributed by atoms with van der Waals surface area (Å²) in [6.45, 7) is 1.89. The first-order valence-corrected chi connectivity index (χ1v) is 7.73. The molecule has 24 heavy (non-hydrogen) atoms. The highest BCUT2D eigenvalue weighted by molar-refractivity contribution is 6.26. The summed E-state index contributed by atoms with van der Waals surface area (Å²) in [5, 5.41) is 0. The number of amides is 2. The van der Waals surface area contributed by atoms with Gasteiger partial charge in [0.15, 0.2) is 0 Å². The minimum atomic E-state index is -0.334. The number of aryl methyl sites for hydroxylation is 1. The summed E-state index contributed by atoms with van der Waals surface area (Å²) < 4.78 is 0. The van der Waals surface area contributed by atoms with Crippen molar-refractivity contribution in [1.82, 2.24) is 0 Å². The standard InChI is InChI=1S/C21H17NO2/c1-16-10-8-9-15-19(16)22(20(23)17-11-4-2-5-12-17)21(24)18-13-6-3-7-14-18/h2-15H,1H3. The number of carbonyl (C=O) groups is 2. The van der Waals surface area contributed by atoms with Gasteiger partial charge in [-0.15, -0.1) is 0 Å². The Morgan fingerprint density at radius 1 is 0.625 bits per heavy atom. The number of hydrogen-bond donors (Lipinski definition) is 0. The Kier molecular flexibility index (Phi) is 4.52. The quantitative estimate of drug-likeness (QED) is 0.668. The fourth-order valence-electron chi connectivity index (χ4n) is 2.54. The van der Waals surface area contributed by atoms with Gasteiger partial charge in [0.05, 0.1) is 5.69 Å². The Balaban J connectivity index is 2.10. The van der Waals surface area contributed by atoms with Crippen LogP contribution in [0.1, 0.15) is 26.3 Å². The van der Waals surface area contributed by atoms with Crippen LogP contribution < -0.4 is 4.90 Å². The van der Waals surface area contributed by atoms with Gasteiger partial charge in [0.2, 0.25) is 0 Å². The number of para-hydroxylation sites is 1. The van der Waals surface area contributed by atoms with Crippen molar-refractivity contribution >= 4 is 17.5 Å². The minimum Gasteiger partial charge on any atom is -0.268 e.